The van der Waals surface area contributed by atoms with E-state index in [-0.39, 0.29) is 30.0 Å². The molecule has 3 saturated carbocycles. The molecule has 0 unspecified atom stereocenters. The molecule has 0 aromatic rings. The predicted octanol–water partition coefficient (Wildman–Crippen LogP) is 4.18. The fraction of sp³-hybridized carbons (Fsp3) is 0.938. The van der Waals surface area contributed by atoms with Crippen molar-refractivity contribution in [3.63, 3.8) is 0 Å². The fourth-order valence-corrected chi connectivity index (χ4v) is 11.0. The minimum atomic E-state index is -1.32. The highest BCUT2D eigenvalue weighted by molar-refractivity contribution is 5.25. The third-order valence-corrected chi connectivity index (χ3v) is 13.0. The maximum Gasteiger partial charge on any atom is 0.198 e. The van der Waals surface area contributed by atoms with Gasteiger partial charge in [0.2, 0.25) is 0 Å². The van der Waals surface area contributed by atoms with Gasteiger partial charge in [0, 0.05) is 5.92 Å². The second kappa shape index (κ2) is 9.48. The molecule has 6 fully saturated rings. The first-order chi connectivity index (χ1) is 18.6. The van der Waals surface area contributed by atoms with Gasteiger partial charge in [-0.25, -0.2) is 0 Å². The van der Waals surface area contributed by atoms with Crippen molar-refractivity contribution < 1.29 is 34.3 Å². The number of rotatable bonds is 2. The van der Waals surface area contributed by atoms with E-state index < -0.39 is 36.5 Å². The van der Waals surface area contributed by atoms with Crippen molar-refractivity contribution >= 4 is 0 Å². The molecule has 0 radical (unpaired) electrons. The highest BCUT2D eigenvalue weighted by atomic mass is 16.8. The fourth-order valence-electron chi connectivity index (χ4n) is 11.0. The Morgan fingerprint density at radius 2 is 1.79 bits per heavy atom. The molecule has 1 spiro atoms. The maximum atomic E-state index is 10.6. The van der Waals surface area contributed by atoms with Crippen LogP contribution >= 0.6 is 0 Å². The van der Waals surface area contributed by atoms with Gasteiger partial charge in [0.1, 0.15) is 24.4 Å². The normalized spacial score (nSPS) is 58.8. The van der Waals surface area contributed by atoms with Gasteiger partial charge in [-0.15, -0.1) is 0 Å². The van der Waals surface area contributed by atoms with Gasteiger partial charge in [-0.3, -0.25) is 0 Å². The molecule has 7 aliphatic rings. The van der Waals surface area contributed by atoms with Crippen LogP contribution in [0.4, 0.5) is 0 Å². The van der Waals surface area contributed by atoms with E-state index >= 15 is 0 Å². The number of fused-ring (bicyclic) bond motifs is 7. The average Bonchev–Trinajstić information content (AvgIpc) is 3.36. The van der Waals surface area contributed by atoms with Gasteiger partial charge in [-0.05, 0) is 91.8 Å². The zero-order valence-corrected chi connectivity index (χ0v) is 24.3. The molecule has 220 valence electrons. The highest BCUT2D eigenvalue weighted by Gasteiger charge is 2.70. The molecule has 7 heteroatoms. The molecule has 39 heavy (non-hydrogen) atoms. The largest absolute Gasteiger partial charge is 0.388 e. The molecular weight excluding hydrogens is 496 g/mol. The molecule has 3 saturated heterocycles. The maximum absolute atomic E-state index is 10.6. The summed E-state index contributed by atoms with van der Waals surface area (Å²) in [5.41, 5.74) is 2.37. The standard InChI is InChI=1S/C32H50O7/c1-17-13-25(38-29-28(35)27(34)23(33)16-36-29)32(37-15-17)18(2)26-24(39-32)14-22-20-9-8-19-7-5-6-11-30(19,3)21(20)10-12-31(22,26)4/h8,17-18,20-29,33-35H,5-7,9-16H2,1-4H3/t17-,18+,20-,21+,22+,23+,24+,25+,26+,27-,28-,29+,30+,31+,32+/m1/s1. The Bertz CT molecular complexity index is 986. The van der Waals surface area contributed by atoms with E-state index in [0.717, 1.165) is 24.7 Å². The zero-order chi connectivity index (χ0) is 27.3. The Labute approximate surface area is 233 Å². The molecule has 7 rings (SSSR count). The van der Waals surface area contributed by atoms with Gasteiger partial charge in [-0.1, -0.05) is 45.8 Å². The number of aliphatic hydroxyl groups excluding tert-OH is 3. The summed E-state index contributed by atoms with van der Waals surface area (Å²) in [6.45, 7) is 10.1. The van der Waals surface area contributed by atoms with E-state index in [1.807, 2.05) is 0 Å². The average molecular weight is 547 g/mol. The Morgan fingerprint density at radius 3 is 2.62 bits per heavy atom. The van der Waals surface area contributed by atoms with Crippen LogP contribution in [-0.4, -0.2) is 71.1 Å². The Kier molecular flexibility index (Phi) is 6.64. The first-order valence-electron chi connectivity index (χ1n) is 15.9. The molecule has 7 nitrogen and oxygen atoms in total. The van der Waals surface area contributed by atoms with Crippen molar-refractivity contribution in [2.45, 2.75) is 128 Å². The van der Waals surface area contributed by atoms with Crippen LogP contribution in [0, 0.1) is 46.3 Å². The number of ether oxygens (including phenoxy) is 4. The summed E-state index contributed by atoms with van der Waals surface area (Å²) in [6.07, 6.45) is 8.65. The molecule has 0 aromatic carbocycles. The van der Waals surface area contributed by atoms with Gasteiger partial charge >= 0.3 is 0 Å². The summed E-state index contributed by atoms with van der Waals surface area (Å²) < 4.78 is 25.8. The number of aliphatic hydroxyl groups is 3. The lowest BCUT2D eigenvalue weighted by molar-refractivity contribution is -0.366. The molecule has 3 aliphatic heterocycles. The van der Waals surface area contributed by atoms with Crippen molar-refractivity contribution in [1.29, 1.82) is 0 Å². The Morgan fingerprint density at radius 1 is 0.974 bits per heavy atom. The second-order valence-electron chi connectivity index (χ2n) is 15.0. The summed E-state index contributed by atoms with van der Waals surface area (Å²) in [5, 5.41) is 30.8. The quantitative estimate of drug-likeness (QED) is 0.447. The molecule has 0 amide bonds. The topological polar surface area (TPSA) is 97.6 Å². The number of hydrogen-bond acceptors (Lipinski definition) is 7. The predicted molar refractivity (Wildman–Crippen MR) is 144 cm³/mol. The third kappa shape index (κ3) is 3.86. The third-order valence-electron chi connectivity index (χ3n) is 13.0. The van der Waals surface area contributed by atoms with Crippen LogP contribution in [0.3, 0.4) is 0 Å². The molecular formula is C32H50O7. The van der Waals surface area contributed by atoms with Gasteiger partial charge in [0.25, 0.3) is 0 Å². The molecule has 3 N–H and O–H groups in total. The number of hydrogen-bond donors (Lipinski definition) is 3. The van der Waals surface area contributed by atoms with Gasteiger partial charge < -0.3 is 34.3 Å². The van der Waals surface area contributed by atoms with E-state index in [0.29, 0.717) is 23.9 Å². The second-order valence-corrected chi connectivity index (χ2v) is 15.0. The van der Waals surface area contributed by atoms with E-state index in [9.17, 15) is 15.3 Å². The zero-order valence-electron chi connectivity index (χ0n) is 24.3. The minimum Gasteiger partial charge on any atom is -0.388 e. The van der Waals surface area contributed by atoms with Crippen LogP contribution < -0.4 is 0 Å². The van der Waals surface area contributed by atoms with E-state index in [2.05, 4.69) is 33.8 Å². The minimum absolute atomic E-state index is 0.0714. The first kappa shape index (κ1) is 27.3. The smallest absolute Gasteiger partial charge is 0.198 e. The van der Waals surface area contributed by atoms with Crippen LogP contribution in [0.25, 0.3) is 0 Å². The van der Waals surface area contributed by atoms with Crippen LogP contribution in [0.5, 0.6) is 0 Å². The highest BCUT2D eigenvalue weighted by Crippen LogP contribution is 2.70. The Balaban J connectivity index is 1.14. The lowest BCUT2D eigenvalue weighted by Crippen LogP contribution is -2.61. The van der Waals surface area contributed by atoms with E-state index in [1.54, 1.807) is 5.57 Å². The van der Waals surface area contributed by atoms with Gasteiger partial charge in [0.15, 0.2) is 12.1 Å². The van der Waals surface area contributed by atoms with Crippen LogP contribution in [0.2, 0.25) is 0 Å². The molecule has 3 heterocycles. The lowest BCUT2D eigenvalue weighted by atomic mass is 9.47. The summed E-state index contributed by atoms with van der Waals surface area (Å²) in [7, 11) is 0. The number of allylic oxidation sites excluding steroid dienone is 2. The lowest BCUT2D eigenvalue weighted by Gasteiger charge is -2.58. The summed E-state index contributed by atoms with van der Waals surface area (Å²) >= 11 is 0. The van der Waals surface area contributed by atoms with Crippen LogP contribution in [0.15, 0.2) is 11.6 Å². The SMILES string of the molecule is C[C@H]1CO[C@@]2(O[C@H]3C[C@H]4[C@@H]5CC=C6CCCC[C@]6(C)[C@H]5CC[C@]4(C)[C@H]3[C@@H]2C)[C@@H](O[C@@H]2OC[C@H](O)[C@@H](O)[C@H]2O)C1. The van der Waals surface area contributed by atoms with E-state index in [1.165, 1.54) is 44.9 Å². The van der Waals surface area contributed by atoms with Gasteiger partial charge in [0.05, 0.1) is 19.3 Å². The van der Waals surface area contributed by atoms with Crippen LogP contribution in [0.1, 0.15) is 85.5 Å². The van der Waals surface area contributed by atoms with Crippen molar-refractivity contribution in [3.8, 4) is 0 Å². The summed E-state index contributed by atoms with van der Waals surface area (Å²) in [5.74, 6) is 2.15. The summed E-state index contributed by atoms with van der Waals surface area (Å²) in [4.78, 5) is 0. The molecule has 15 atom stereocenters. The van der Waals surface area contributed by atoms with Crippen molar-refractivity contribution in [2.24, 2.45) is 46.3 Å². The van der Waals surface area contributed by atoms with E-state index in [4.69, 9.17) is 18.9 Å². The van der Waals surface area contributed by atoms with Gasteiger partial charge in [-0.2, -0.15) is 0 Å². The monoisotopic (exact) mass is 546 g/mol. The molecule has 0 aromatic heterocycles. The summed E-state index contributed by atoms with van der Waals surface area (Å²) in [6, 6.07) is 0. The van der Waals surface area contributed by atoms with Crippen molar-refractivity contribution in [1.82, 2.24) is 0 Å². The first-order valence-corrected chi connectivity index (χ1v) is 15.9. The van der Waals surface area contributed by atoms with Crippen molar-refractivity contribution in [2.75, 3.05) is 13.2 Å². The molecule has 4 aliphatic carbocycles. The molecule has 0 bridgehead atoms. The van der Waals surface area contributed by atoms with Crippen LogP contribution in [-0.2, 0) is 18.9 Å². The Hall–Kier alpha value is -0.540. The van der Waals surface area contributed by atoms with Crippen molar-refractivity contribution in [3.05, 3.63) is 11.6 Å².